The smallest absolute Gasteiger partial charge is 0.387 e. The molecule has 108 valence electrons. The third-order valence-corrected chi connectivity index (χ3v) is 2.45. The van der Waals surface area contributed by atoms with Gasteiger partial charge in [-0.25, -0.2) is 0 Å². The van der Waals surface area contributed by atoms with Crippen LogP contribution >= 0.6 is 0 Å². The summed E-state index contributed by atoms with van der Waals surface area (Å²) in [5.41, 5.74) is 5.04. The maximum atomic E-state index is 12.7. The van der Waals surface area contributed by atoms with Gasteiger partial charge in [0.15, 0.2) is 0 Å². The van der Waals surface area contributed by atoms with E-state index in [4.69, 9.17) is 15.9 Å². The summed E-state index contributed by atoms with van der Waals surface area (Å²) in [5, 5.41) is 7.06. The fourth-order valence-corrected chi connectivity index (χ4v) is 1.63. The van der Waals surface area contributed by atoms with Gasteiger partial charge in [-0.3, -0.25) is 10.3 Å². The number of alkyl halides is 3. The molecular formula is C11H22F3N3O. The molecule has 0 aliphatic carbocycles. The zero-order valence-electron chi connectivity index (χ0n) is 11.0. The Kier molecular flexibility index (Phi) is 7.23. The molecule has 18 heavy (non-hydrogen) atoms. The lowest BCUT2D eigenvalue weighted by Crippen LogP contribution is -2.45. The van der Waals surface area contributed by atoms with Crippen LogP contribution in [0.4, 0.5) is 13.2 Å². The van der Waals surface area contributed by atoms with E-state index in [2.05, 4.69) is 0 Å². The summed E-state index contributed by atoms with van der Waals surface area (Å²) in [7, 11) is 1.50. The highest BCUT2D eigenvalue weighted by Crippen LogP contribution is 2.27. The number of ether oxygens (including phenoxy) is 1. The predicted molar refractivity (Wildman–Crippen MR) is 64.6 cm³/mol. The molecule has 0 aliphatic rings. The highest BCUT2D eigenvalue weighted by atomic mass is 19.4. The van der Waals surface area contributed by atoms with Crippen LogP contribution in [0.25, 0.3) is 0 Å². The van der Waals surface area contributed by atoms with Crippen molar-refractivity contribution < 1.29 is 17.9 Å². The number of halogens is 3. The van der Waals surface area contributed by atoms with E-state index in [1.54, 1.807) is 4.90 Å². The van der Waals surface area contributed by atoms with E-state index in [-0.39, 0.29) is 12.5 Å². The van der Waals surface area contributed by atoms with Gasteiger partial charge < -0.3 is 10.5 Å². The first-order valence-corrected chi connectivity index (χ1v) is 5.80. The molecule has 0 bridgehead atoms. The van der Waals surface area contributed by atoms with Gasteiger partial charge in [0.2, 0.25) is 0 Å². The first-order valence-electron chi connectivity index (χ1n) is 5.80. The molecule has 0 radical (unpaired) electrons. The molecule has 0 saturated carbocycles. The Morgan fingerprint density at radius 1 is 1.33 bits per heavy atom. The molecule has 3 N–H and O–H groups in total. The summed E-state index contributed by atoms with van der Waals surface area (Å²) in [6.45, 7) is 4.83. The van der Waals surface area contributed by atoms with Gasteiger partial charge in [-0.15, -0.1) is 0 Å². The van der Waals surface area contributed by atoms with Gasteiger partial charge >= 0.3 is 6.18 Å². The van der Waals surface area contributed by atoms with E-state index in [1.807, 2.05) is 13.8 Å². The van der Waals surface area contributed by atoms with Gasteiger partial charge in [0.1, 0.15) is 11.8 Å². The number of rotatable bonds is 8. The number of amidine groups is 1. The van der Waals surface area contributed by atoms with Crippen molar-refractivity contribution in [1.29, 1.82) is 5.41 Å². The van der Waals surface area contributed by atoms with E-state index in [0.717, 1.165) is 0 Å². The van der Waals surface area contributed by atoms with Crippen molar-refractivity contribution in [2.24, 2.45) is 17.6 Å². The van der Waals surface area contributed by atoms with Crippen molar-refractivity contribution in [1.82, 2.24) is 4.90 Å². The number of methoxy groups -OCH3 is 1. The highest BCUT2D eigenvalue weighted by Gasteiger charge is 2.42. The molecule has 0 aromatic rings. The second-order valence-corrected chi connectivity index (χ2v) is 4.70. The molecule has 0 aliphatic heterocycles. The lowest BCUT2D eigenvalue weighted by atomic mass is 10.1. The molecule has 0 aromatic carbocycles. The molecule has 1 unspecified atom stereocenters. The maximum Gasteiger partial charge on any atom is 0.399 e. The van der Waals surface area contributed by atoms with E-state index >= 15 is 0 Å². The Hall–Kier alpha value is -0.820. The molecule has 0 saturated heterocycles. The van der Waals surface area contributed by atoms with Gasteiger partial charge in [-0.2, -0.15) is 13.2 Å². The molecule has 0 amide bonds. The summed E-state index contributed by atoms with van der Waals surface area (Å²) < 4.78 is 43.0. The summed E-state index contributed by atoms with van der Waals surface area (Å²) in [6.07, 6.45) is -4.48. The van der Waals surface area contributed by atoms with Crippen LogP contribution < -0.4 is 5.73 Å². The Morgan fingerprint density at radius 3 is 2.22 bits per heavy atom. The predicted octanol–water partition coefficient (Wildman–Crippen LogP) is 1.71. The molecule has 1 atom stereocenters. The van der Waals surface area contributed by atoms with Gasteiger partial charge in [-0.05, 0) is 5.92 Å². The number of nitrogens with zero attached hydrogens (tertiary/aromatic N) is 1. The third-order valence-electron chi connectivity index (χ3n) is 2.45. The normalized spacial score (nSPS) is 14.2. The van der Waals surface area contributed by atoms with Crippen molar-refractivity contribution in [3.63, 3.8) is 0 Å². The molecule has 0 heterocycles. The monoisotopic (exact) mass is 269 g/mol. The summed E-state index contributed by atoms with van der Waals surface area (Å²) in [4.78, 5) is 1.63. The van der Waals surface area contributed by atoms with Crippen LogP contribution in [-0.2, 0) is 4.74 Å². The Labute approximate surface area is 106 Å². The molecule has 0 fully saturated rings. The van der Waals surface area contributed by atoms with Crippen molar-refractivity contribution in [3.8, 4) is 0 Å². The molecular weight excluding hydrogens is 247 g/mol. The second kappa shape index (κ2) is 7.58. The molecule has 7 heteroatoms. The lowest BCUT2D eigenvalue weighted by molar-refractivity contribution is -0.160. The summed E-state index contributed by atoms with van der Waals surface area (Å²) >= 11 is 0. The van der Waals surface area contributed by atoms with Crippen LogP contribution in [0.5, 0.6) is 0 Å². The van der Waals surface area contributed by atoms with Crippen LogP contribution in [0.1, 0.15) is 13.8 Å². The van der Waals surface area contributed by atoms with Crippen molar-refractivity contribution in [2.75, 3.05) is 33.4 Å². The first kappa shape index (κ1) is 17.2. The van der Waals surface area contributed by atoms with Gasteiger partial charge in [0.25, 0.3) is 0 Å². The van der Waals surface area contributed by atoms with Crippen molar-refractivity contribution in [3.05, 3.63) is 0 Å². The third kappa shape index (κ3) is 6.80. The standard InChI is InChI=1S/C11H22F3N3O/c1-8(2)6-17(4-5-18-3)7-9(10(15)16)11(12,13)14/h8-9H,4-7H2,1-3H3,(H3,15,16). The van der Waals surface area contributed by atoms with Gasteiger partial charge in [0, 0.05) is 26.7 Å². The maximum absolute atomic E-state index is 12.7. The fourth-order valence-electron chi connectivity index (χ4n) is 1.63. The Bertz CT molecular complexity index is 256. The number of nitrogens with one attached hydrogen (secondary N) is 1. The largest absolute Gasteiger partial charge is 0.399 e. The number of hydrogen-bond acceptors (Lipinski definition) is 3. The van der Waals surface area contributed by atoms with Crippen molar-refractivity contribution in [2.45, 2.75) is 20.0 Å². The van der Waals surface area contributed by atoms with E-state index in [9.17, 15) is 13.2 Å². The molecule has 0 rings (SSSR count). The fraction of sp³-hybridized carbons (Fsp3) is 0.909. The van der Waals surface area contributed by atoms with Gasteiger partial charge in [-0.1, -0.05) is 13.8 Å². The number of hydrogen-bond donors (Lipinski definition) is 2. The minimum absolute atomic E-state index is 0.239. The minimum atomic E-state index is -4.48. The molecule has 4 nitrogen and oxygen atoms in total. The van der Waals surface area contributed by atoms with Crippen LogP contribution in [0.3, 0.4) is 0 Å². The van der Waals surface area contributed by atoms with E-state index in [1.165, 1.54) is 7.11 Å². The average molecular weight is 269 g/mol. The Balaban J connectivity index is 4.64. The summed E-state index contributed by atoms with van der Waals surface area (Å²) in [5.74, 6) is -2.51. The van der Waals surface area contributed by atoms with E-state index in [0.29, 0.717) is 19.7 Å². The second-order valence-electron chi connectivity index (χ2n) is 4.70. The van der Waals surface area contributed by atoms with Crippen LogP contribution in [0, 0.1) is 17.2 Å². The average Bonchev–Trinajstić information content (AvgIpc) is 2.18. The van der Waals surface area contributed by atoms with Crippen molar-refractivity contribution >= 4 is 5.84 Å². The quantitative estimate of drug-likeness (QED) is 0.521. The minimum Gasteiger partial charge on any atom is -0.387 e. The zero-order valence-corrected chi connectivity index (χ0v) is 11.0. The van der Waals surface area contributed by atoms with E-state index < -0.39 is 17.9 Å². The van der Waals surface area contributed by atoms with Crippen LogP contribution in [-0.4, -0.2) is 50.3 Å². The highest BCUT2D eigenvalue weighted by molar-refractivity contribution is 5.80. The number of nitrogens with two attached hydrogens (primary N) is 1. The van der Waals surface area contributed by atoms with Crippen LogP contribution in [0.2, 0.25) is 0 Å². The molecule has 0 aromatic heterocycles. The Morgan fingerprint density at radius 2 is 1.89 bits per heavy atom. The first-order chi connectivity index (χ1) is 8.18. The summed E-state index contributed by atoms with van der Waals surface area (Å²) in [6, 6.07) is 0. The SMILES string of the molecule is COCCN(CC(C)C)CC(C(=N)N)C(F)(F)F. The topological polar surface area (TPSA) is 62.3 Å². The lowest BCUT2D eigenvalue weighted by Gasteiger charge is -2.29. The van der Waals surface area contributed by atoms with Crippen LogP contribution in [0.15, 0.2) is 0 Å². The van der Waals surface area contributed by atoms with Gasteiger partial charge in [0.05, 0.1) is 6.61 Å². The molecule has 0 spiro atoms. The zero-order chi connectivity index (χ0) is 14.3.